The van der Waals surface area contributed by atoms with E-state index in [0.29, 0.717) is 35.9 Å². The van der Waals surface area contributed by atoms with Crippen molar-refractivity contribution in [3.05, 3.63) is 46.4 Å². The van der Waals surface area contributed by atoms with E-state index in [4.69, 9.17) is 20.9 Å². The first kappa shape index (κ1) is 18.4. The Morgan fingerprint density at radius 3 is 2.89 bits per heavy atom. The van der Waals surface area contributed by atoms with Crippen LogP contribution in [0, 0.1) is 23.7 Å². The second-order valence-electron chi connectivity index (χ2n) is 7.12. The van der Waals surface area contributed by atoms with Gasteiger partial charge in [-0.05, 0) is 38.3 Å². The molecule has 4 rings (SSSR count). The molecule has 0 bridgehead atoms. The number of aryl methyl sites for hydroxylation is 1. The number of fused-ring (bicyclic) bond motifs is 1. The van der Waals surface area contributed by atoms with E-state index in [2.05, 4.69) is 21.5 Å². The van der Waals surface area contributed by atoms with E-state index < -0.39 is 5.41 Å². The zero-order valence-corrected chi connectivity index (χ0v) is 16.1. The number of hydrogen-bond donors (Lipinski definition) is 2. The number of nitriles is 1. The van der Waals surface area contributed by atoms with Crippen LogP contribution in [0.1, 0.15) is 36.4 Å². The highest BCUT2D eigenvalue weighted by atomic mass is 35.5. The van der Waals surface area contributed by atoms with E-state index >= 15 is 0 Å². The summed E-state index contributed by atoms with van der Waals surface area (Å²) in [7, 11) is 0. The highest BCUT2D eigenvalue weighted by molar-refractivity contribution is 6.32. The second-order valence-corrected chi connectivity index (χ2v) is 7.53. The van der Waals surface area contributed by atoms with Crippen LogP contribution in [0.5, 0.6) is 5.75 Å². The number of aromatic amines is 1. The minimum Gasteiger partial charge on any atom is -0.484 e. The lowest BCUT2D eigenvalue weighted by Gasteiger charge is -2.33. The summed E-state index contributed by atoms with van der Waals surface area (Å²) in [5.41, 5.74) is 1.61. The molecule has 7 nitrogen and oxygen atoms in total. The Kier molecular flexibility index (Phi) is 4.73. The van der Waals surface area contributed by atoms with Crippen molar-refractivity contribution in [1.82, 2.24) is 15.5 Å². The summed E-state index contributed by atoms with van der Waals surface area (Å²) >= 11 is 6.33. The summed E-state index contributed by atoms with van der Waals surface area (Å²) < 4.78 is 10.9. The molecule has 28 heavy (non-hydrogen) atoms. The van der Waals surface area contributed by atoms with Crippen LogP contribution < -0.4 is 10.1 Å². The molecule has 1 aliphatic rings. The Hall–Kier alpha value is -2.98. The third kappa shape index (κ3) is 3.43. The van der Waals surface area contributed by atoms with Gasteiger partial charge in [0.1, 0.15) is 17.8 Å². The van der Waals surface area contributed by atoms with E-state index in [1.54, 1.807) is 6.07 Å². The molecule has 0 spiro atoms. The molecule has 1 fully saturated rings. The van der Waals surface area contributed by atoms with Crippen LogP contribution in [0.2, 0.25) is 5.02 Å². The standard InChI is InChI=1S/C20H19ClN4O3/c1-12-5-15(28-25-12)10-27-18-8-17-13(7-16(18)21)6-14(24-17)9-23-19(26)20(11-22)3-2-4-20/h5-8,24H,2-4,9-10H2,1H3,(H,23,26). The molecule has 8 heteroatoms. The first-order valence-corrected chi connectivity index (χ1v) is 9.42. The van der Waals surface area contributed by atoms with Gasteiger partial charge in [-0.3, -0.25) is 4.79 Å². The van der Waals surface area contributed by atoms with Crippen LogP contribution in [0.25, 0.3) is 10.9 Å². The first-order chi connectivity index (χ1) is 13.5. The smallest absolute Gasteiger partial charge is 0.240 e. The Morgan fingerprint density at radius 2 is 2.25 bits per heavy atom. The fourth-order valence-corrected chi connectivity index (χ4v) is 3.52. The number of aromatic nitrogens is 2. The van der Waals surface area contributed by atoms with Crippen molar-refractivity contribution < 1.29 is 14.1 Å². The number of carbonyl (C=O) groups is 1. The molecule has 2 heterocycles. The van der Waals surface area contributed by atoms with Crippen molar-refractivity contribution in [2.75, 3.05) is 0 Å². The molecule has 0 aliphatic heterocycles. The number of rotatable bonds is 6. The Balaban J connectivity index is 1.45. The Bertz CT molecular complexity index is 1070. The number of amides is 1. The van der Waals surface area contributed by atoms with Crippen LogP contribution in [0.15, 0.2) is 28.8 Å². The second kappa shape index (κ2) is 7.21. The zero-order chi connectivity index (χ0) is 19.7. The number of H-pyrrole nitrogens is 1. The third-order valence-corrected chi connectivity index (χ3v) is 5.37. The van der Waals surface area contributed by atoms with Crippen molar-refractivity contribution in [1.29, 1.82) is 5.26 Å². The molecule has 144 valence electrons. The fourth-order valence-electron chi connectivity index (χ4n) is 3.30. The lowest BCUT2D eigenvalue weighted by molar-refractivity contribution is -0.131. The Labute approximate surface area is 166 Å². The normalized spacial score (nSPS) is 15.0. The van der Waals surface area contributed by atoms with Gasteiger partial charge in [0.05, 0.1) is 23.3 Å². The summed E-state index contributed by atoms with van der Waals surface area (Å²) in [6.45, 7) is 2.39. The van der Waals surface area contributed by atoms with Crippen LogP contribution in [-0.2, 0) is 17.9 Å². The molecule has 0 atom stereocenters. The minimum absolute atomic E-state index is 0.204. The van der Waals surface area contributed by atoms with Gasteiger partial charge in [-0.1, -0.05) is 16.8 Å². The molecule has 0 unspecified atom stereocenters. The van der Waals surface area contributed by atoms with Gasteiger partial charge < -0.3 is 19.6 Å². The van der Waals surface area contributed by atoms with Gasteiger partial charge in [0, 0.05) is 28.7 Å². The van der Waals surface area contributed by atoms with Crippen molar-refractivity contribution in [3.63, 3.8) is 0 Å². The minimum atomic E-state index is -0.852. The predicted molar refractivity (Wildman–Crippen MR) is 103 cm³/mol. The van der Waals surface area contributed by atoms with Crippen LogP contribution in [-0.4, -0.2) is 16.0 Å². The highest BCUT2D eigenvalue weighted by Gasteiger charge is 2.44. The van der Waals surface area contributed by atoms with Gasteiger partial charge >= 0.3 is 0 Å². The highest BCUT2D eigenvalue weighted by Crippen LogP contribution is 2.40. The molecule has 0 radical (unpaired) electrons. The molecular weight excluding hydrogens is 380 g/mol. The molecule has 1 aliphatic carbocycles. The van der Waals surface area contributed by atoms with Gasteiger partial charge in [-0.15, -0.1) is 0 Å². The van der Waals surface area contributed by atoms with E-state index in [1.165, 1.54) is 0 Å². The number of carbonyl (C=O) groups excluding carboxylic acids is 1. The van der Waals surface area contributed by atoms with Crippen molar-refractivity contribution in [2.24, 2.45) is 5.41 Å². The summed E-state index contributed by atoms with van der Waals surface area (Å²) in [6.07, 6.45) is 2.17. The quantitative estimate of drug-likeness (QED) is 0.652. The zero-order valence-electron chi connectivity index (χ0n) is 15.3. The number of ether oxygens (including phenoxy) is 1. The molecule has 3 aromatic rings. The number of nitrogens with zero attached hydrogens (tertiary/aromatic N) is 2. The van der Waals surface area contributed by atoms with Crippen molar-refractivity contribution in [3.8, 4) is 11.8 Å². The number of nitrogens with one attached hydrogen (secondary N) is 2. The molecule has 1 saturated carbocycles. The number of hydrogen-bond acceptors (Lipinski definition) is 5. The van der Waals surface area contributed by atoms with Gasteiger partial charge in [-0.25, -0.2) is 0 Å². The largest absolute Gasteiger partial charge is 0.484 e. The molecule has 2 N–H and O–H groups in total. The van der Waals surface area contributed by atoms with Gasteiger partial charge in [0.25, 0.3) is 0 Å². The van der Waals surface area contributed by atoms with Crippen LogP contribution in [0.4, 0.5) is 0 Å². The molecule has 2 aromatic heterocycles. The number of benzene rings is 1. The maximum absolute atomic E-state index is 12.3. The fraction of sp³-hybridized carbons (Fsp3) is 0.350. The van der Waals surface area contributed by atoms with Crippen LogP contribution >= 0.6 is 11.6 Å². The lowest BCUT2D eigenvalue weighted by atomic mass is 9.69. The van der Waals surface area contributed by atoms with Crippen molar-refractivity contribution in [2.45, 2.75) is 39.3 Å². The maximum Gasteiger partial charge on any atom is 0.240 e. The molecular formula is C20H19ClN4O3. The van der Waals surface area contributed by atoms with E-state index in [1.807, 2.05) is 25.1 Å². The SMILES string of the molecule is Cc1cc(COc2cc3[nH]c(CNC(=O)C4(C#N)CCC4)cc3cc2Cl)on1. The molecule has 1 aromatic carbocycles. The maximum atomic E-state index is 12.3. The van der Waals surface area contributed by atoms with Crippen LogP contribution in [0.3, 0.4) is 0 Å². The average Bonchev–Trinajstić information content (AvgIpc) is 3.22. The lowest BCUT2D eigenvalue weighted by Crippen LogP contribution is -2.44. The predicted octanol–water partition coefficient (Wildman–Crippen LogP) is 4.01. The monoisotopic (exact) mass is 398 g/mol. The summed E-state index contributed by atoms with van der Waals surface area (Å²) in [6, 6.07) is 9.50. The summed E-state index contributed by atoms with van der Waals surface area (Å²) in [4.78, 5) is 15.5. The first-order valence-electron chi connectivity index (χ1n) is 9.05. The Morgan fingerprint density at radius 1 is 1.43 bits per heavy atom. The third-order valence-electron chi connectivity index (χ3n) is 5.07. The summed E-state index contributed by atoms with van der Waals surface area (Å²) in [5.74, 6) is 0.939. The van der Waals surface area contributed by atoms with E-state index in [-0.39, 0.29) is 12.5 Å². The average molecular weight is 399 g/mol. The topological polar surface area (TPSA) is 104 Å². The number of halogens is 1. The van der Waals surface area contributed by atoms with E-state index in [9.17, 15) is 10.1 Å². The van der Waals surface area contributed by atoms with E-state index in [0.717, 1.165) is 28.7 Å². The molecule has 1 amide bonds. The molecule has 0 saturated heterocycles. The van der Waals surface area contributed by atoms with Crippen molar-refractivity contribution >= 4 is 28.4 Å². The van der Waals surface area contributed by atoms with Gasteiger partial charge in [0.2, 0.25) is 5.91 Å². The van der Waals surface area contributed by atoms with Gasteiger partial charge in [-0.2, -0.15) is 5.26 Å². The summed E-state index contributed by atoms with van der Waals surface area (Å²) in [5, 5.41) is 17.3. The van der Waals surface area contributed by atoms with Gasteiger partial charge in [0.15, 0.2) is 5.76 Å².